The van der Waals surface area contributed by atoms with E-state index in [1.54, 1.807) is 11.3 Å². The lowest BCUT2D eigenvalue weighted by atomic mass is 9.98. The molecule has 2 heterocycles. The summed E-state index contributed by atoms with van der Waals surface area (Å²) < 4.78 is 0. The summed E-state index contributed by atoms with van der Waals surface area (Å²) in [6.07, 6.45) is 5.60. The van der Waals surface area contributed by atoms with Gasteiger partial charge in [-0.2, -0.15) is 11.3 Å². The molecule has 1 N–H and O–H groups in total. The standard InChI is InChI=1S/C17H28N2OS/c1-5-7-8-9-13(3)19-15(14-10-11-21-12-14)18-17(4,6-2)16(19)20/h10-13,15,18H,5-9H2,1-4H3. The van der Waals surface area contributed by atoms with Crippen molar-refractivity contribution in [3.63, 3.8) is 0 Å². The fraction of sp³-hybridized carbons (Fsp3) is 0.706. The highest BCUT2D eigenvalue weighted by molar-refractivity contribution is 7.07. The third kappa shape index (κ3) is 3.32. The van der Waals surface area contributed by atoms with Crippen LogP contribution in [0.15, 0.2) is 16.8 Å². The minimum atomic E-state index is -0.425. The van der Waals surface area contributed by atoms with Crippen LogP contribution >= 0.6 is 11.3 Å². The average molecular weight is 308 g/mol. The fourth-order valence-corrected chi connectivity index (χ4v) is 3.73. The molecule has 0 saturated carbocycles. The van der Waals surface area contributed by atoms with Crippen molar-refractivity contribution in [2.24, 2.45) is 0 Å². The fourth-order valence-electron chi connectivity index (χ4n) is 3.05. The molecule has 1 fully saturated rings. The Morgan fingerprint density at radius 2 is 2.19 bits per heavy atom. The molecule has 1 aromatic heterocycles. The highest BCUT2D eigenvalue weighted by Crippen LogP contribution is 2.35. The molecule has 0 aliphatic carbocycles. The monoisotopic (exact) mass is 308 g/mol. The Kier molecular flexibility index (Phi) is 5.44. The van der Waals surface area contributed by atoms with Crippen LogP contribution in [0.25, 0.3) is 0 Å². The van der Waals surface area contributed by atoms with Crippen LogP contribution in [0.1, 0.15) is 71.5 Å². The molecule has 1 amide bonds. The van der Waals surface area contributed by atoms with Crippen LogP contribution in [-0.2, 0) is 4.79 Å². The number of hydrogen-bond donors (Lipinski definition) is 1. The van der Waals surface area contributed by atoms with Crippen LogP contribution in [0.5, 0.6) is 0 Å². The van der Waals surface area contributed by atoms with Gasteiger partial charge in [-0.25, -0.2) is 0 Å². The molecule has 1 aliphatic rings. The number of rotatable bonds is 7. The molecule has 3 nitrogen and oxygen atoms in total. The molecule has 3 atom stereocenters. The first-order valence-corrected chi connectivity index (χ1v) is 9.10. The number of hydrogen-bond acceptors (Lipinski definition) is 3. The van der Waals surface area contributed by atoms with E-state index in [4.69, 9.17) is 0 Å². The predicted octanol–water partition coefficient (Wildman–Crippen LogP) is 4.32. The van der Waals surface area contributed by atoms with Crippen molar-refractivity contribution in [2.45, 2.75) is 77.5 Å². The van der Waals surface area contributed by atoms with Gasteiger partial charge >= 0.3 is 0 Å². The Hall–Kier alpha value is -0.870. The van der Waals surface area contributed by atoms with E-state index < -0.39 is 5.54 Å². The Bertz CT molecular complexity index is 459. The summed E-state index contributed by atoms with van der Waals surface area (Å²) in [5, 5.41) is 7.81. The molecule has 1 aromatic rings. The smallest absolute Gasteiger partial charge is 0.244 e. The number of thiophene rings is 1. The normalized spacial score (nSPS) is 27.3. The van der Waals surface area contributed by atoms with Gasteiger partial charge in [0.05, 0.1) is 5.54 Å². The van der Waals surface area contributed by atoms with E-state index in [-0.39, 0.29) is 18.1 Å². The van der Waals surface area contributed by atoms with Gasteiger partial charge in [-0.15, -0.1) is 0 Å². The van der Waals surface area contributed by atoms with E-state index in [0.29, 0.717) is 0 Å². The summed E-state index contributed by atoms with van der Waals surface area (Å²) in [4.78, 5) is 15.0. The van der Waals surface area contributed by atoms with E-state index in [0.717, 1.165) is 12.8 Å². The third-order valence-corrected chi connectivity index (χ3v) is 5.41. The maximum atomic E-state index is 12.9. The zero-order chi connectivity index (χ0) is 15.5. The maximum absolute atomic E-state index is 12.9. The zero-order valence-electron chi connectivity index (χ0n) is 13.7. The quantitative estimate of drug-likeness (QED) is 0.761. The van der Waals surface area contributed by atoms with Crippen molar-refractivity contribution >= 4 is 17.2 Å². The largest absolute Gasteiger partial charge is 0.319 e. The highest BCUT2D eigenvalue weighted by Gasteiger charge is 2.48. The van der Waals surface area contributed by atoms with Gasteiger partial charge in [0.15, 0.2) is 0 Å². The minimum Gasteiger partial charge on any atom is -0.319 e. The predicted molar refractivity (Wildman–Crippen MR) is 89.3 cm³/mol. The third-order valence-electron chi connectivity index (χ3n) is 4.71. The lowest BCUT2D eigenvalue weighted by Gasteiger charge is -2.30. The SMILES string of the molecule is CCCCCC(C)N1C(=O)C(C)(CC)NC1c1ccsc1. The number of carbonyl (C=O) groups excluding carboxylic acids is 1. The van der Waals surface area contributed by atoms with Crippen molar-refractivity contribution in [1.29, 1.82) is 0 Å². The first kappa shape index (κ1) is 16.5. The van der Waals surface area contributed by atoms with Gasteiger partial charge in [-0.05, 0) is 49.1 Å². The lowest BCUT2D eigenvalue weighted by molar-refractivity contribution is -0.135. The molecule has 118 valence electrons. The topological polar surface area (TPSA) is 32.3 Å². The minimum absolute atomic E-state index is 0.0327. The van der Waals surface area contributed by atoms with Crippen molar-refractivity contribution in [2.75, 3.05) is 0 Å². The average Bonchev–Trinajstić information content (AvgIpc) is 3.07. The summed E-state index contributed by atoms with van der Waals surface area (Å²) in [5.41, 5.74) is 0.791. The van der Waals surface area contributed by atoms with Gasteiger partial charge in [-0.1, -0.05) is 33.1 Å². The van der Waals surface area contributed by atoms with Gasteiger partial charge in [0, 0.05) is 6.04 Å². The molecule has 0 spiro atoms. The summed E-state index contributed by atoms with van der Waals surface area (Å²) in [6.45, 7) is 8.53. The number of nitrogens with zero attached hydrogens (tertiary/aromatic N) is 1. The first-order valence-electron chi connectivity index (χ1n) is 8.16. The summed E-state index contributed by atoms with van der Waals surface area (Å²) in [7, 11) is 0. The number of carbonyl (C=O) groups is 1. The lowest BCUT2D eigenvalue weighted by Crippen LogP contribution is -2.44. The molecule has 1 aliphatic heterocycles. The van der Waals surface area contributed by atoms with E-state index in [9.17, 15) is 4.79 Å². The summed E-state index contributed by atoms with van der Waals surface area (Å²) in [6, 6.07) is 2.41. The second kappa shape index (κ2) is 6.93. The maximum Gasteiger partial charge on any atom is 0.244 e. The number of unbranched alkanes of at least 4 members (excludes halogenated alkanes) is 2. The summed E-state index contributed by atoms with van der Waals surface area (Å²) >= 11 is 1.69. The molecule has 3 unspecified atom stereocenters. The second-order valence-electron chi connectivity index (χ2n) is 6.35. The van der Waals surface area contributed by atoms with Gasteiger partial charge in [0.1, 0.15) is 6.17 Å². The Labute approximate surface area is 132 Å². The summed E-state index contributed by atoms with van der Waals surface area (Å²) in [5.74, 6) is 0.255. The molecule has 0 bridgehead atoms. The van der Waals surface area contributed by atoms with Crippen LogP contribution in [-0.4, -0.2) is 22.4 Å². The van der Waals surface area contributed by atoms with Crippen molar-refractivity contribution < 1.29 is 4.79 Å². The molecular formula is C17H28N2OS. The van der Waals surface area contributed by atoms with E-state index in [2.05, 4.69) is 47.8 Å². The van der Waals surface area contributed by atoms with E-state index in [1.807, 2.05) is 6.92 Å². The Morgan fingerprint density at radius 3 is 2.76 bits per heavy atom. The van der Waals surface area contributed by atoms with Gasteiger partial charge in [0.25, 0.3) is 0 Å². The first-order chi connectivity index (χ1) is 10.0. The van der Waals surface area contributed by atoms with Crippen LogP contribution in [0.4, 0.5) is 0 Å². The molecule has 0 radical (unpaired) electrons. The van der Waals surface area contributed by atoms with Gasteiger partial charge < -0.3 is 4.90 Å². The molecular weight excluding hydrogens is 280 g/mol. The van der Waals surface area contributed by atoms with Gasteiger partial charge in [0.2, 0.25) is 5.91 Å². The molecule has 0 aromatic carbocycles. The van der Waals surface area contributed by atoms with Crippen molar-refractivity contribution in [3.8, 4) is 0 Å². The molecule has 21 heavy (non-hydrogen) atoms. The number of amides is 1. The molecule has 2 rings (SSSR count). The van der Waals surface area contributed by atoms with Crippen LogP contribution in [0, 0.1) is 0 Å². The van der Waals surface area contributed by atoms with Crippen LogP contribution < -0.4 is 5.32 Å². The zero-order valence-corrected chi connectivity index (χ0v) is 14.5. The molecule has 1 saturated heterocycles. The molecule has 4 heteroatoms. The van der Waals surface area contributed by atoms with Crippen molar-refractivity contribution in [3.05, 3.63) is 22.4 Å². The Balaban J connectivity index is 2.19. The second-order valence-corrected chi connectivity index (χ2v) is 7.13. The van der Waals surface area contributed by atoms with Gasteiger partial charge in [-0.3, -0.25) is 10.1 Å². The van der Waals surface area contributed by atoms with E-state index in [1.165, 1.54) is 24.8 Å². The van der Waals surface area contributed by atoms with Crippen molar-refractivity contribution in [1.82, 2.24) is 10.2 Å². The number of nitrogens with one attached hydrogen (secondary N) is 1. The highest BCUT2D eigenvalue weighted by atomic mass is 32.1. The Morgan fingerprint density at radius 1 is 1.43 bits per heavy atom. The van der Waals surface area contributed by atoms with Crippen LogP contribution in [0.2, 0.25) is 0 Å². The van der Waals surface area contributed by atoms with E-state index >= 15 is 0 Å². The van der Waals surface area contributed by atoms with Crippen LogP contribution in [0.3, 0.4) is 0 Å².